The largest absolute Gasteiger partial charge is 0.503 e. The highest BCUT2D eigenvalue weighted by Gasteiger charge is 2.10. The number of allylic oxidation sites excluding steroid dienone is 2. The normalized spacial score (nSPS) is 14.2. The van der Waals surface area contributed by atoms with Crippen LogP contribution >= 0.6 is 0 Å². The predicted molar refractivity (Wildman–Crippen MR) is 116 cm³/mol. The van der Waals surface area contributed by atoms with E-state index in [2.05, 4.69) is 24.0 Å². The van der Waals surface area contributed by atoms with E-state index in [1.54, 1.807) is 0 Å². The summed E-state index contributed by atoms with van der Waals surface area (Å²) in [5.41, 5.74) is 0. The fourth-order valence-electron chi connectivity index (χ4n) is 3.48. The third-order valence-electron chi connectivity index (χ3n) is 5.10. The first kappa shape index (κ1) is 26.6. The van der Waals surface area contributed by atoms with E-state index >= 15 is 0 Å². The van der Waals surface area contributed by atoms with Gasteiger partial charge in [-0.2, -0.15) is 0 Å². The first-order chi connectivity index (χ1) is 13.6. The summed E-state index contributed by atoms with van der Waals surface area (Å²) in [5, 5.41) is 13.9. The Morgan fingerprint density at radius 1 is 0.786 bits per heavy atom. The second-order valence-corrected chi connectivity index (χ2v) is 7.75. The van der Waals surface area contributed by atoms with Crippen LogP contribution in [-0.2, 0) is 4.79 Å². The molecule has 1 aliphatic heterocycles. The summed E-state index contributed by atoms with van der Waals surface area (Å²) in [6.07, 6.45) is 20.9. The summed E-state index contributed by atoms with van der Waals surface area (Å²) in [4.78, 5) is 23.0. The molecule has 1 fully saturated rings. The molecule has 2 N–H and O–H groups in total. The lowest BCUT2D eigenvalue weighted by molar-refractivity contribution is -0.119. The van der Waals surface area contributed by atoms with Crippen molar-refractivity contribution in [1.29, 1.82) is 0 Å². The molecular formula is C23H43NO4. The van der Waals surface area contributed by atoms with Crippen LogP contribution in [0, 0.1) is 0 Å². The van der Waals surface area contributed by atoms with Gasteiger partial charge in [0.2, 0.25) is 0 Å². The third-order valence-corrected chi connectivity index (χ3v) is 5.10. The van der Waals surface area contributed by atoms with Crippen molar-refractivity contribution >= 4 is 11.9 Å². The van der Waals surface area contributed by atoms with Crippen LogP contribution in [0.4, 0.5) is 4.79 Å². The number of ketones is 1. The minimum Gasteiger partial charge on any atom is -0.450 e. The maximum Gasteiger partial charge on any atom is 0.503 e. The highest BCUT2D eigenvalue weighted by Crippen LogP contribution is 2.11. The van der Waals surface area contributed by atoms with Crippen LogP contribution in [-0.4, -0.2) is 46.7 Å². The zero-order chi connectivity index (χ0) is 20.9. The summed E-state index contributed by atoms with van der Waals surface area (Å²) in [7, 11) is 0. The second-order valence-electron chi connectivity index (χ2n) is 7.75. The molecule has 0 aromatic heterocycles. The molecule has 0 atom stereocenters. The van der Waals surface area contributed by atoms with Gasteiger partial charge in [0.05, 0.1) is 0 Å². The monoisotopic (exact) mass is 397 g/mol. The average molecular weight is 398 g/mol. The number of hydrogen-bond acceptors (Lipinski definition) is 3. The maximum absolute atomic E-state index is 11.9. The maximum atomic E-state index is 11.9. The molecule has 0 radical (unpaired) electrons. The Morgan fingerprint density at radius 3 is 1.96 bits per heavy atom. The number of rotatable bonds is 16. The molecule has 1 saturated heterocycles. The minimum atomic E-state index is -1.83. The van der Waals surface area contributed by atoms with Crippen molar-refractivity contribution in [3.05, 3.63) is 12.2 Å². The quantitative estimate of drug-likeness (QED) is 0.229. The number of carboxylic acid groups (broad SMARTS) is 2. The Morgan fingerprint density at radius 2 is 1.32 bits per heavy atom. The summed E-state index contributed by atoms with van der Waals surface area (Å²) in [5.74, 6) is 0.473. The summed E-state index contributed by atoms with van der Waals surface area (Å²) in [6.45, 7) is 6.02. The van der Waals surface area contributed by atoms with E-state index in [9.17, 15) is 4.79 Å². The van der Waals surface area contributed by atoms with Crippen molar-refractivity contribution in [2.75, 3.05) is 19.6 Å². The number of likely N-dealkylation sites (tertiary alicyclic amines) is 1. The van der Waals surface area contributed by atoms with E-state index in [0.717, 1.165) is 32.1 Å². The highest BCUT2D eigenvalue weighted by atomic mass is 16.6. The van der Waals surface area contributed by atoms with Crippen molar-refractivity contribution in [1.82, 2.24) is 4.90 Å². The molecule has 0 saturated carbocycles. The molecule has 5 nitrogen and oxygen atoms in total. The average Bonchev–Trinajstić information content (AvgIpc) is 3.16. The van der Waals surface area contributed by atoms with Crippen LogP contribution < -0.4 is 0 Å². The van der Waals surface area contributed by atoms with E-state index in [-0.39, 0.29) is 0 Å². The Bertz CT molecular complexity index is 399. The number of carbonyl (C=O) groups excluding carboxylic acids is 1. The zero-order valence-electron chi connectivity index (χ0n) is 18.0. The SMILES string of the molecule is CCCCCCCC/C=C\CCCC(=O)CCCCN1CCCC1.O=C(O)O. The zero-order valence-corrected chi connectivity index (χ0v) is 18.0. The van der Waals surface area contributed by atoms with Gasteiger partial charge in [-0.05, 0) is 71.0 Å². The van der Waals surface area contributed by atoms with Gasteiger partial charge in [0.1, 0.15) is 5.78 Å². The van der Waals surface area contributed by atoms with E-state index in [0.29, 0.717) is 5.78 Å². The Labute approximate surface area is 172 Å². The van der Waals surface area contributed by atoms with Gasteiger partial charge in [0.25, 0.3) is 0 Å². The number of carbonyl (C=O) groups is 2. The predicted octanol–water partition coefficient (Wildman–Crippen LogP) is 6.52. The van der Waals surface area contributed by atoms with Gasteiger partial charge in [-0.25, -0.2) is 4.79 Å². The highest BCUT2D eigenvalue weighted by molar-refractivity contribution is 5.78. The van der Waals surface area contributed by atoms with E-state index in [1.165, 1.54) is 83.8 Å². The van der Waals surface area contributed by atoms with Crippen molar-refractivity contribution < 1.29 is 19.8 Å². The summed E-state index contributed by atoms with van der Waals surface area (Å²) >= 11 is 0. The number of hydrogen-bond donors (Lipinski definition) is 2. The molecule has 5 heteroatoms. The molecular weight excluding hydrogens is 354 g/mol. The topological polar surface area (TPSA) is 77.8 Å². The molecule has 0 aliphatic carbocycles. The molecule has 1 rings (SSSR count). The molecule has 164 valence electrons. The molecule has 0 aromatic rings. The molecule has 1 aliphatic rings. The summed E-state index contributed by atoms with van der Waals surface area (Å²) in [6, 6.07) is 0. The van der Waals surface area contributed by atoms with Crippen molar-refractivity contribution in [3.8, 4) is 0 Å². The van der Waals surface area contributed by atoms with Crippen LogP contribution in [0.5, 0.6) is 0 Å². The Kier molecular flexibility index (Phi) is 19.4. The molecule has 28 heavy (non-hydrogen) atoms. The van der Waals surface area contributed by atoms with Gasteiger partial charge in [-0.15, -0.1) is 0 Å². The van der Waals surface area contributed by atoms with Crippen LogP contribution in [0.25, 0.3) is 0 Å². The molecule has 0 bridgehead atoms. The molecule has 0 aromatic carbocycles. The van der Waals surface area contributed by atoms with Crippen LogP contribution in [0.3, 0.4) is 0 Å². The molecule has 1 heterocycles. The first-order valence-corrected chi connectivity index (χ1v) is 11.4. The van der Waals surface area contributed by atoms with Crippen molar-refractivity contribution in [2.45, 2.75) is 103 Å². The Balaban J connectivity index is 0.00000165. The Hall–Kier alpha value is -1.36. The first-order valence-electron chi connectivity index (χ1n) is 11.4. The number of Topliss-reactive ketones (excluding diaryl/α,β-unsaturated/α-hetero) is 1. The van der Waals surface area contributed by atoms with Crippen LogP contribution in [0.1, 0.15) is 103 Å². The van der Waals surface area contributed by atoms with Gasteiger partial charge in [0, 0.05) is 12.8 Å². The lowest BCUT2D eigenvalue weighted by Gasteiger charge is -2.13. The fourth-order valence-corrected chi connectivity index (χ4v) is 3.48. The lowest BCUT2D eigenvalue weighted by atomic mass is 10.1. The lowest BCUT2D eigenvalue weighted by Crippen LogP contribution is -2.20. The van der Waals surface area contributed by atoms with E-state index in [1.807, 2.05) is 0 Å². The second kappa shape index (κ2) is 20.4. The molecule has 0 amide bonds. The van der Waals surface area contributed by atoms with Crippen molar-refractivity contribution in [2.24, 2.45) is 0 Å². The third kappa shape index (κ3) is 20.9. The van der Waals surface area contributed by atoms with Gasteiger partial charge >= 0.3 is 6.16 Å². The van der Waals surface area contributed by atoms with Crippen molar-refractivity contribution in [3.63, 3.8) is 0 Å². The van der Waals surface area contributed by atoms with Gasteiger partial charge in [0.15, 0.2) is 0 Å². The van der Waals surface area contributed by atoms with Crippen LogP contribution in [0.15, 0.2) is 12.2 Å². The number of unbranched alkanes of at least 4 members (excludes halogenated alkanes) is 8. The standard InChI is InChI=1S/C22H41NO.CH2O3/c1-2-3-4-5-6-7-8-9-10-11-12-17-22(24)18-13-14-19-23-20-15-16-21-23;2-1(3)4/h9-10H,2-8,11-21H2,1H3;(H2,2,3,4)/b10-9-;. The van der Waals surface area contributed by atoms with Gasteiger partial charge in [-0.3, -0.25) is 4.79 Å². The smallest absolute Gasteiger partial charge is 0.450 e. The van der Waals surface area contributed by atoms with Gasteiger partial charge in [-0.1, -0.05) is 51.2 Å². The minimum absolute atomic E-state index is 0.473. The number of nitrogens with zero attached hydrogens (tertiary/aromatic N) is 1. The van der Waals surface area contributed by atoms with E-state index in [4.69, 9.17) is 15.0 Å². The molecule has 0 unspecified atom stereocenters. The van der Waals surface area contributed by atoms with E-state index < -0.39 is 6.16 Å². The summed E-state index contributed by atoms with van der Waals surface area (Å²) < 4.78 is 0. The molecule has 0 spiro atoms. The van der Waals surface area contributed by atoms with Crippen LogP contribution in [0.2, 0.25) is 0 Å². The van der Waals surface area contributed by atoms with Gasteiger partial charge < -0.3 is 15.1 Å². The fraction of sp³-hybridized carbons (Fsp3) is 0.826.